The van der Waals surface area contributed by atoms with E-state index in [0.717, 1.165) is 30.6 Å². The van der Waals surface area contributed by atoms with Crippen molar-refractivity contribution in [2.24, 2.45) is 11.8 Å². The summed E-state index contributed by atoms with van der Waals surface area (Å²) in [5.41, 5.74) is 5.12. The highest BCUT2D eigenvalue weighted by Crippen LogP contribution is 2.34. The molecule has 0 aliphatic rings. The van der Waals surface area contributed by atoms with Crippen molar-refractivity contribution in [2.45, 2.75) is 60.3 Å². The van der Waals surface area contributed by atoms with Crippen LogP contribution >= 0.6 is 0 Å². The standard InChI is InChI=1S/C30H38O/c1-6-10-26-21-30(24(5)28-13-7-8-14-29(26)28)25-15-17-27(18-16-25)31-20-19-23(4)12-9-11-22(2)3/h6-8,10,13-18,21-23H,9,11-12,19-20H2,1-5H3. The Hall–Kier alpha value is -2.54. The molecule has 1 nitrogen and oxygen atoms in total. The van der Waals surface area contributed by atoms with E-state index < -0.39 is 0 Å². The van der Waals surface area contributed by atoms with E-state index in [4.69, 9.17) is 4.74 Å². The Balaban J connectivity index is 1.68. The van der Waals surface area contributed by atoms with Crippen LogP contribution in [0.2, 0.25) is 0 Å². The van der Waals surface area contributed by atoms with Gasteiger partial charge in [0, 0.05) is 0 Å². The Morgan fingerprint density at radius 1 is 0.871 bits per heavy atom. The van der Waals surface area contributed by atoms with Crippen molar-refractivity contribution < 1.29 is 4.74 Å². The Kier molecular flexibility index (Phi) is 8.35. The third-order valence-electron chi connectivity index (χ3n) is 6.22. The van der Waals surface area contributed by atoms with Crippen LogP contribution < -0.4 is 4.74 Å². The van der Waals surface area contributed by atoms with Crippen LogP contribution in [-0.4, -0.2) is 6.61 Å². The lowest BCUT2D eigenvalue weighted by Crippen LogP contribution is -2.04. The summed E-state index contributed by atoms with van der Waals surface area (Å²) in [5.74, 6) is 2.50. The smallest absolute Gasteiger partial charge is 0.119 e. The van der Waals surface area contributed by atoms with Gasteiger partial charge in [0.05, 0.1) is 6.61 Å². The van der Waals surface area contributed by atoms with E-state index in [1.807, 2.05) is 0 Å². The normalized spacial score (nSPS) is 12.7. The molecule has 164 valence electrons. The molecule has 0 aliphatic heterocycles. The van der Waals surface area contributed by atoms with Gasteiger partial charge in [-0.1, -0.05) is 88.6 Å². The third-order valence-corrected chi connectivity index (χ3v) is 6.22. The van der Waals surface area contributed by atoms with Gasteiger partial charge in [0.1, 0.15) is 5.75 Å². The molecular formula is C30H38O. The highest BCUT2D eigenvalue weighted by molar-refractivity contribution is 5.97. The van der Waals surface area contributed by atoms with E-state index in [1.165, 1.54) is 52.3 Å². The van der Waals surface area contributed by atoms with E-state index >= 15 is 0 Å². The lowest BCUT2D eigenvalue weighted by molar-refractivity contribution is 0.276. The lowest BCUT2D eigenvalue weighted by Gasteiger charge is -2.15. The summed E-state index contributed by atoms with van der Waals surface area (Å²) >= 11 is 0. The predicted octanol–water partition coefficient (Wildman–Crippen LogP) is 9.08. The second-order valence-corrected chi connectivity index (χ2v) is 9.28. The molecule has 0 bridgehead atoms. The van der Waals surface area contributed by atoms with Crippen LogP contribution in [0.1, 0.15) is 64.5 Å². The summed E-state index contributed by atoms with van der Waals surface area (Å²) < 4.78 is 6.05. The molecule has 0 radical (unpaired) electrons. The molecule has 1 unspecified atom stereocenters. The van der Waals surface area contributed by atoms with Crippen molar-refractivity contribution in [3.05, 3.63) is 71.8 Å². The Labute approximate surface area is 189 Å². The first-order valence-corrected chi connectivity index (χ1v) is 11.9. The third kappa shape index (κ3) is 6.23. The largest absolute Gasteiger partial charge is 0.494 e. The van der Waals surface area contributed by atoms with Gasteiger partial charge in [0.15, 0.2) is 0 Å². The molecule has 1 heteroatoms. The first kappa shape index (κ1) is 23.1. The highest BCUT2D eigenvalue weighted by Gasteiger charge is 2.10. The molecule has 0 saturated carbocycles. The summed E-state index contributed by atoms with van der Waals surface area (Å²) in [4.78, 5) is 0. The van der Waals surface area contributed by atoms with Crippen LogP contribution in [0.25, 0.3) is 28.0 Å². The van der Waals surface area contributed by atoms with Gasteiger partial charge in [-0.3, -0.25) is 0 Å². The topological polar surface area (TPSA) is 9.23 Å². The van der Waals surface area contributed by atoms with Gasteiger partial charge >= 0.3 is 0 Å². The van der Waals surface area contributed by atoms with Crippen LogP contribution in [0, 0.1) is 18.8 Å². The minimum Gasteiger partial charge on any atom is -0.494 e. The molecule has 3 aromatic rings. The van der Waals surface area contributed by atoms with Gasteiger partial charge in [-0.2, -0.15) is 0 Å². The fourth-order valence-electron chi connectivity index (χ4n) is 4.29. The zero-order valence-electron chi connectivity index (χ0n) is 19.9. The molecule has 1 atom stereocenters. The van der Waals surface area contributed by atoms with Gasteiger partial charge in [0.25, 0.3) is 0 Å². The van der Waals surface area contributed by atoms with Crippen LogP contribution in [0.4, 0.5) is 0 Å². The molecular weight excluding hydrogens is 376 g/mol. The Bertz CT molecular complexity index is 995. The molecule has 0 fully saturated rings. The fourth-order valence-corrected chi connectivity index (χ4v) is 4.29. The van der Waals surface area contributed by atoms with Gasteiger partial charge in [0.2, 0.25) is 0 Å². The van der Waals surface area contributed by atoms with E-state index in [-0.39, 0.29) is 0 Å². The first-order valence-electron chi connectivity index (χ1n) is 11.9. The number of aryl methyl sites for hydroxylation is 1. The number of fused-ring (bicyclic) bond motifs is 1. The average molecular weight is 415 g/mol. The summed E-state index contributed by atoms with van der Waals surface area (Å²) in [6.45, 7) is 12.0. The second kappa shape index (κ2) is 11.2. The first-order chi connectivity index (χ1) is 15.0. The Morgan fingerprint density at radius 2 is 1.58 bits per heavy atom. The molecule has 0 aliphatic carbocycles. The van der Waals surface area contributed by atoms with E-state index in [2.05, 4.69) is 101 Å². The molecule has 0 aromatic heterocycles. The van der Waals surface area contributed by atoms with Crippen molar-refractivity contribution in [1.82, 2.24) is 0 Å². The SMILES string of the molecule is CC=Cc1cc(-c2ccc(OCCC(C)CCCC(C)C)cc2)c(C)c2ccccc12. The molecule has 0 amide bonds. The maximum Gasteiger partial charge on any atom is 0.119 e. The summed E-state index contributed by atoms with van der Waals surface area (Å²) in [5, 5.41) is 2.63. The zero-order chi connectivity index (χ0) is 22.2. The van der Waals surface area contributed by atoms with Gasteiger partial charge in [-0.25, -0.2) is 0 Å². The van der Waals surface area contributed by atoms with Crippen molar-refractivity contribution in [3.63, 3.8) is 0 Å². The maximum absolute atomic E-state index is 6.05. The molecule has 0 heterocycles. The van der Waals surface area contributed by atoms with Crippen molar-refractivity contribution in [3.8, 4) is 16.9 Å². The Morgan fingerprint density at radius 3 is 2.26 bits per heavy atom. The molecule has 3 aromatic carbocycles. The molecule has 3 rings (SSSR count). The molecule has 0 saturated heterocycles. The lowest BCUT2D eigenvalue weighted by atomic mass is 9.91. The summed E-state index contributed by atoms with van der Waals surface area (Å²) in [6.07, 6.45) is 9.39. The van der Waals surface area contributed by atoms with Crippen molar-refractivity contribution in [1.29, 1.82) is 0 Å². The number of ether oxygens (including phenoxy) is 1. The van der Waals surface area contributed by atoms with Crippen molar-refractivity contribution in [2.75, 3.05) is 6.61 Å². The molecule has 31 heavy (non-hydrogen) atoms. The fraction of sp³-hybridized carbons (Fsp3) is 0.400. The minimum atomic E-state index is 0.725. The minimum absolute atomic E-state index is 0.725. The number of hydrogen-bond donors (Lipinski definition) is 0. The quantitative estimate of drug-likeness (QED) is 0.321. The number of benzene rings is 3. The molecule has 0 N–H and O–H groups in total. The predicted molar refractivity (Wildman–Crippen MR) is 137 cm³/mol. The average Bonchev–Trinajstić information content (AvgIpc) is 2.76. The summed E-state index contributed by atoms with van der Waals surface area (Å²) in [7, 11) is 0. The van der Waals surface area contributed by atoms with Gasteiger partial charge in [-0.15, -0.1) is 0 Å². The van der Waals surface area contributed by atoms with Crippen LogP contribution in [0.3, 0.4) is 0 Å². The number of allylic oxidation sites excluding steroid dienone is 1. The van der Waals surface area contributed by atoms with E-state index in [9.17, 15) is 0 Å². The zero-order valence-corrected chi connectivity index (χ0v) is 19.9. The summed E-state index contributed by atoms with van der Waals surface area (Å²) in [6, 6.07) is 19.6. The van der Waals surface area contributed by atoms with Crippen LogP contribution in [0.5, 0.6) is 5.75 Å². The monoisotopic (exact) mass is 414 g/mol. The van der Waals surface area contributed by atoms with E-state index in [0.29, 0.717) is 0 Å². The van der Waals surface area contributed by atoms with Gasteiger partial charge in [-0.05, 0) is 83.3 Å². The number of rotatable bonds is 10. The van der Waals surface area contributed by atoms with Crippen LogP contribution in [0.15, 0.2) is 60.7 Å². The van der Waals surface area contributed by atoms with Gasteiger partial charge < -0.3 is 4.74 Å². The second-order valence-electron chi connectivity index (χ2n) is 9.28. The van der Waals surface area contributed by atoms with Crippen LogP contribution in [-0.2, 0) is 0 Å². The highest BCUT2D eigenvalue weighted by atomic mass is 16.5. The molecule has 0 spiro atoms. The van der Waals surface area contributed by atoms with E-state index in [1.54, 1.807) is 0 Å². The maximum atomic E-state index is 6.05. The van der Waals surface area contributed by atoms with Crippen molar-refractivity contribution >= 4 is 16.8 Å². The number of hydrogen-bond acceptors (Lipinski definition) is 1.